The highest BCUT2D eigenvalue weighted by Crippen LogP contribution is 2.29. The number of nitrogens with zero attached hydrogens (tertiary/aromatic N) is 1. The zero-order chi connectivity index (χ0) is 15.1. The number of hydrogen-bond acceptors (Lipinski definition) is 4. The van der Waals surface area contributed by atoms with Crippen LogP contribution in [-0.4, -0.2) is 23.8 Å². The topological polar surface area (TPSA) is 49.4 Å². The molecular formula is C15H13ClN2O2S. The number of carbonyl (C=O) groups is 2. The number of anilines is 1. The SMILES string of the molecule is CC(Nc1ccc2c(c1)C(=O)N(C)C2=O)c1csc(Cl)c1. The lowest BCUT2D eigenvalue weighted by Gasteiger charge is -2.14. The van der Waals surface area contributed by atoms with E-state index in [-0.39, 0.29) is 17.9 Å². The average Bonchev–Trinajstić information content (AvgIpc) is 2.98. The second-order valence-corrected chi connectivity index (χ2v) is 6.52. The Labute approximate surface area is 131 Å². The lowest BCUT2D eigenvalue weighted by molar-refractivity contribution is 0.0693. The molecule has 4 nitrogen and oxygen atoms in total. The number of halogens is 1. The first kappa shape index (κ1) is 14.1. The number of rotatable bonds is 3. The van der Waals surface area contributed by atoms with E-state index in [4.69, 9.17) is 11.6 Å². The molecule has 2 heterocycles. The van der Waals surface area contributed by atoms with Gasteiger partial charge in [-0.3, -0.25) is 14.5 Å². The molecule has 21 heavy (non-hydrogen) atoms. The first-order valence-corrected chi connectivity index (χ1v) is 7.70. The highest BCUT2D eigenvalue weighted by molar-refractivity contribution is 7.14. The van der Waals surface area contributed by atoms with E-state index in [1.165, 1.54) is 18.4 Å². The van der Waals surface area contributed by atoms with Crippen LogP contribution in [-0.2, 0) is 0 Å². The fourth-order valence-corrected chi connectivity index (χ4v) is 3.32. The van der Waals surface area contributed by atoms with Crippen LogP contribution in [0.2, 0.25) is 4.34 Å². The van der Waals surface area contributed by atoms with Gasteiger partial charge in [-0.05, 0) is 42.1 Å². The molecule has 0 spiro atoms. The molecule has 6 heteroatoms. The molecule has 108 valence electrons. The molecular weight excluding hydrogens is 308 g/mol. The molecule has 1 aliphatic rings. The van der Waals surface area contributed by atoms with Crippen molar-refractivity contribution in [3.05, 3.63) is 50.7 Å². The normalized spacial score (nSPS) is 15.3. The Morgan fingerprint density at radius 3 is 2.57 bits per heavy atom. The molecule has 2 aromatic rings. The number of carbonyl (C=O) groups excluding carboxylic acids is 2. The van der Waals surface area contributed by atoms with E-state index in [9.17, 15) is 9.59 Å². The van der Waals surface area contributed by atoms with Gasteiger partial charge in [0.05, 0.1) is 15.5 Å². The Bertz CT molecular complexity index is 741. The summed E-state index contributed by atoms with van der Waals surface area (Å²) in [4.78, 5) is 25.0. The van der Waals surface area contributed by atoms with Gasteiger partial charge in [0.25, 0.3) is 11.8 Å². The summed E-state index contributed by atoms with van der Waals surface area (Å²) in [7, 11) is 1.49. The largest absolute Gasteiger partial charge is 0.378 e. The molecule has 1 aliphatic heterocycles. The maximum atomic E-state index is 12.0. The number of hydrogen-bond donors (Lipinski definition) is 1. The standard InChI is InChI=1S/C15H13ClN2O2S/c1-8(9-5-13(16)21-7-9)17-10-3-4-11-12(6-10)15(20)18(2)14(11)19/h3-8,17H,1-2H3. The fraction of sp³-hybridized carbons (Fsp3) is 0.200. The van der Waals surface area contributed by atoms with Gasteiger partial charge in [0.1, 0.15) is 0 Å². The van der Waals surface area contributed by atoms with Crippen LogP contribution in [0.1, 0.15) is 39.2 Å². The Morgan fingerprint density at radius 2 is 1.90 bits per heavy atom. The lowest BCUT2D eigenvalue weighted by atomic mass is 10.1. The van der Waals surface area contributed by atoms with Crippen LogP contribution < -0.4 is 5.32 Å². The van der Waals surface area contributed by atoms with Gasteiger partial charge in [0, 0.05) is 18.8 Å². The summed E-state index contributed by atoms with van der Waals surface area (Å²) in [6.45, 7) is 2.02. The van der Waals surface area contributed by atoms with Crippen molar-refractivity contribution < 1.29 is 9.59 Å². The molecule has 3 rings (SSSR count). The monoisotopic (exact) mass is 320 g/mol. The molecule has 1 aromatic heterocycles. The van der Waals surface area contributed by atoms with Crippen LogP contribution in [0, 0.1) is 0 Å². The Hall–Kier alpha value is -1.85. The van der Waals surface area contributed by atoms with Crippen molar-refractivity contribution >= 4 is 40.4 Å². The molecule has 1 unspecified atom stereocenters. The average molecular weight is 321 g/mol. The lowest BCUT2D eigenvalue weighted by Crippen LogP contribution is -2.24. The summed E-state index contributed by atoms with van der Waals surface area (Å²) < 4.78 is 0.745. The molecule has 1 N–H and O–H groups in total. The third kappa shape index (κ3) is 2.43. The first-order chi connectivity index (χ1) is 9.97. The highest BCUT2D eigenvalue weighted by Gasteiger charge is 2.32. The minimum absolute atomic E-state index is 0.0664. The Kier molecular flexibility index (Phi) is 3.47. The van der Waals surface area contributed by atoms with Gasteiger partial charge in [-0.25, -0.2) is 0 Å². The zero-order valence-electron chi connectivity index (χ0n) is 11.5. The number of benzene rings is 1. The maximum absolute atomic E-state index is 12.0. The first-order valence-electron chi connectivity index (χ1n) is 6.44. The number of nitrogens with one attached hydrogen (secondary N) is 1. The van der Waals surface area contributed by atoms with Crippen molar-refractivity contribution in [1.29, 1.82) is 0 Å². The van der Waals surface area contributed by atoms with Crippen LogP contribution in [0.15, 0.2) is 29.6 Å². The number of thiophene rings is 1. The number of imide groups is 1. The molecule has 0 aliphatic carbocycles. The van der Waals surface area contributed by atoms with Crippen molar-refractivity contribution in [3.63, 3.8) is 0 Å². The predicted octanol–water partition coefficient (Wildman–Crippen LogP) is 3.80. The van der Waals surface area contributed by atoms with Gasteiger partial charge in [-0.15, -0.1) is 11.3 Å². The third-order valence-corrected chi connectivity index (χ3v) is 4.67. The van der Waals surface area contributed by atoms with Gasteiger partial charge in [-0.1, -0.05) is 11.6 Å². The van der Waals surface area contributed by atoms with Crippen LogP contribution in [0.5, 0.6) is 0 Å². The second-order valence-electron chi connectivity index (χ2n) is 4.98. The van der Waals surface area contributed by atoms with E-state index < -0.39 is 0 Å². The summed E-state index contributed by atoms with van der Waals surface area (Å²) in [6, 6.07) is 7.21. The van der Waals surface area contributed by atoms with E-state index >= 15 is 0 Å². The Balaban J connectivity index is 1.85. The van der Waals surface area contributed by atoms with Crippen LogP contribution in [0.3, 0.4) is 0 Å². The van der Waals surface area contributed by atoms with Crippen molar-refractivity contribution in [3.8, 4) is 0 Å². The maximum Gasteiger partial charge on any atom is 0.261 e. The molecule has 0 fully saturated rings. The van der Waals surface area contributed by atoms with E-state index in [1.54, 1.807) is 12.1 Å². The zero-order valence-corrected chi connectivity index (χ0v) is 13.1. The summed E-state index contributed by atoms with van der Waals surface area (Å²) in [5.74, 6) is -0.510. The minimum Gasteiger partial charge on any atom is -0.378 e. The molecule has 2 amide bonds. The summed E-state index contributed by atoms with van der Waals surface area (Å²) in [5.41, 5.74) is 2.80. The van der Waals surface area contributed by atoms with Crippen molar-refractivity contribution in [2.75, 3.05) is 12.4 Å². The van der Waals surface area contributed by atoms with Crippen molar-refractivity contribution in [1.82, 2.24) is 4.90 Å². The minimum atomic E-state index is -0.259. The van der Waals surface area contributed by atoms with Crippen molar-refractivity contribution in [2.45, 2.75) is 13.0 Å². The van der Waals surface area contributed by atoms with Gasteiger partial charge in [-0.2, -0.15) is 0 Å². The fourth-order valence-electron chi connectivity index (χ4n) is 2.33. The van der Waals surface area contributed by atoms with E-state index in [0.717, 1.165) is 20.5 Å². The number of fused-ring (bicyclic) bond motifs is 1. The molecule has 0 radical (unpaired) electrons. The summed E-state index contributed by atoms with van der Waals surface area (Å²) in [6.07, 6.45) is 0. The molecule has 1 aromatic carbocycles. The number of amides is 2. The van der Waals surface area contributed by atoms with Crippen LogP contribution >= 0.6 is 22.9 Å². The van der Waals surface area contributed by atoms with Gasteiger partial charge >= 0.3 is 0 Å². The Morgan fingerprint density at radius 1 is 1.19 bits per heavy atom. The third-order valence-electron chi connectivity index (χ3n) is 3.56. The van der Waals surface area contributed by atoms with Gasteiger partial charge in [0.2, 0.25) is 0 Å². The quantitative estimate of drug-likeness (QED) is 0.875. The van der Waals surface area contributed by atoms with E-state index in [1.807, 2.05) is 24.4 Å². The molecule has 1 atom stereocenters. The second kappa shape index (κ2) is 5.16. The molecule has 0 saturated carbocycles. The van der Waals surface area contributed by atoms with Crippen molar-refractivity contribution in [2.24, 2.45) is 0 Å². The summed E-state index contributed by atoms with van der Waals surface area (Å²) in [5, 5.41) is 5.31. The highest BCUT2D eigenvalue weighted by atomic mass is 35.5. The van der Waals surface area contributed by atoms with Gasteiger partial charge < -0.3 is 5.32 Å². The van der Waals surface area contributed by atoms with Crippen LogP contribution in [0.4, 0.5) is 5.69 Å². The smallest absolute Gasteiger partial charge is 0.261 e. The van der Waals surface area contributed by atoms with Gasteiger partial charge in [0.15, 0.2) is 0 Å². The van der Waals surface area contributed by atoms with E-state index in [2.05, 4.69) is 5.32 Å². The summed E-state index contributed by atoms with van der Waals surface area (Å²) >= 11 is 7.42. The van der Waals surface area contributed by atoms with Crippen LogP contribution in [0.25, 0.3) is 0 Å². The molecule has 0 saturated heterocycles. The predicted molar refractivity (Wildman–Crippen MR) is 84.2 cm³/mol. The van der Waals surface area contributed by atoms with E-state index in [0.29, 0.717) is 11.1 Å². The molecule has 0 bridgehead atoms.